The van der Waals surface area contributed by atoms with E-state index in [4.69, 9.17) is 16.3 Å². The van der Waals surface area contributed by atoms with Crippen LogP contribution < -0.4 is 10.1 Å². The molecule has 96 valence electrons. The zero-order valence-corrected chi connectivity index (χ0v) is 12.1. The first-order valence-electron chi connectivity index (χ1n) is 5.92. The van der Waals surface area contributed by atoms with E-state index in [1.165, 1.54) is 0 Å². The quantitative estimate of drug-likeness (QED) is 0.859. The van der Waals surface area contributed by atoms with Gasteiger partial charge in [-0.25, -0.2) is 0 Å². The molecule has 0 saturated heterocycles. The van der Waals surface area contributed by atoms with Gasteiger partial charge < -0.3 is 10.1 Å². The summed E-state index contributed by atoms with van der Waals surface area (Å²) in [6.07, 6.45) is 0. The Morgan fingerprint density at radius 2 is 2.00 bits per heavy atom. The van der Waals surface area contributed by atoms with Crippen molar-refractivity contribution in [2.75, 3.05) is 19.0 Å². The van der Waals surface area contributed by atoms with Crippen molar-refractivity contribution in [1.82, 2.24) is 0 Å². The summed E-state index contributed by atoms with van der Waals surface area (Å²) >= 11 is 6.07. The molecular formula is C14H22ClNO. The van der Waals surface area contributed by atoms with Crippen molar-refractivity contribution in [2.45, 2.75) is 27.7 Å². The predicted octanol–water partition coefficient (Wildman–Crippen LogP) is 4.44. The molecule has 1 rings (SSSR count). The lowest BCUT2D eigenvalue weighted by Gasteiger charge is -2.27. The topological polar surface area (TPSA) is 21.3 Å². The largest absolute Gasteiger partial charge is 0.495 e. The van der Waals surface area contributed by atoms with E-state index in [0.29, 0.717) is 22.1 Å². The van der Waals surface area contributed by atoms with Crippen LogP contribution in [-0.4, -0.2) is 13.7 Å². The SMILES string of the molecule is COc1ccc(NCC(C)C(C)(C)C)cc1Cl. The molecule has 17 heavy (non-hydrogen) atoms. The van der Waals surface area contributed by atoms with Gasteiger partial charge in [0.1, 0.15) is 5.75 Å². The van der Waals surface area contributed by atoms with E-state index in [1.54, 1.807) is 7.11 Å². The van der Waals surface area contributed by atoms with Gasteiger partial charge in [-0.2, -0.15) is 0 Å². The second kappa shape index (κ2) is 5.63. The Labute approximate surface area is 109 Å². The molecule has 0 spiro atoms. The van der Waals surface area contributed by atoms with Gasteiger partial charge in [0.05, 0.1) is 12.1 Å². The molecule has 0 radical (unpaired) electrons. The van der Waals surface area contributed by atoms with Gasteiger partial charge in [0.25, 0.3) is 0 Å². The van der Waals surface area contributed by atoms with E-state index in [1.807, 2.05) is 18.2 Å². The average Bonchev–Trinajstić information content (AvgIpc) is 2.24. The summed E-state index contributed by atoms with van der Waals surface area (Å²) < 4.78 is 5.12. The Morgan fingerprint density at radius 1 is 1.35 bits per heavy atom. The number of ether oxygens (including phenoxy) is 1. The maximum atomic E-state index is 6.07. The molecule has 1 aromatic carbocycles. The Balaban J connectivity index is 2.61. The third-order valence-electron chi connectivity index (χ3n) is 3.24. The molecule has 0 saturated carbocycles. The van der Waals surface area contributed by atoms with Crippen molar-refractivity contribution in [3.05, 3.63) is 23.2 Å². The van der Waals surface area contributed by atoms with Crippen LogP contribution in [0, 0.1) is 11.3 Å². The molecule has 1 atom stereocenters. The highest BCUT2D eigenvalue weighted by Gasteiger charge is 2.19. The molecule has 0 aromatic heterocycles. The third kappa shape index (κ3) is 4.12. The van der Waals surface area contributed by atoms with Crippen molar-refractivity contribution in [2.24, 2.45) is 11.3 Å². The number of halogens is 1. The molecule has 3 heteroatoms. The molecule has 1 aromatic rings. The van der Waals surface area contributed by atoms with Gasteiger partial charge in [-0.3, -0.25) is 0 Å². The zero-order valence-electron chi connectivity index (χ0n) is 11.3. The summed E-state index contributed by atoms with van der Waals surface area (Å²) in [7, 11) is 1.62. The van der Waals surface area contributed by atoms with Crippen molar-refractivity contribution < 1.29 is 4.74 Å². The Bertz CT molecular complexity index is 371. The van der Waals surface area contributed by atoms with Crippen molar-refractivity contribution in [3.8, 4) is 5.75 Å². The average molecular weight is 256 g/mol. The Morgan fingerprint density at radius 3 is 2.47 bits per heavy atom. The number of hydrogen-bond donors (Lipinski definition) is 1. The smallest absolute Gasteiger partial charge is 0.137 e. The van der Waals surface area contributed by atoms with E-state index in [0.717, 1.165) is 12.2 Å². The molecule has 0 aliphatic rings. The number of rotatable bonds is 4. The van der Waals surface area contributed by atoms with Crippen LogP contribution in [0.3, 0.4) is 0 Å². The highest BCUT2D eigenvalue weighted by molar-refractivity contribution is 6.32. The summed E-state index contributed by atoms with van der Waals surface area (Å²) in [5.74, 6) is 1.30. The second-order valence-corrected chi connectivity index (χ2v) is 5.90. The van der Waals surface area contributed by atoms with Crippen molar-refractivity contribution in [1.29, 1.82) is 0 Å². The van der Waals surface area contributed by atoms with Gasteiger partial charge in [0.2, 0.25) is 0 Å². The molecule has 1 N–H and O–H groups in total. The fourth-order valence-corrected chi connectivity index (χ4v) is 1.61. The summed E-state index contributed by atoms with van der Waals surface area (Å²) in [5, 5.41) is 4.04. The second-order valence-electron chi connectivity index (χ2n) is 5.50. The summed E-state index contributed by atoms with van der Waals surface area (Å²) in [6, 6.07) is 5.77. The molecule has 1 unspecified atom stereocenters. The molecule has 2 nitrogen and oxygen atoms in total. The van der Waals surface area contributed by atoms with Crippen molar-refractivity contribution >= 4 is 17.3 Å². The first kappa shape index (κ1) is 14.2. The fourth-order valence-electron chi connectivity index (χ4n) is 1.35. The van der Waals surface area contributed by atoms with Crippen LogP contribution in [0.1, 0.15) is 27.7 Å². The standard InChI is InChI=1S/C14H22ClNO/c1-10(14(2,3)4)9-16-11-6-7-13(17-5)12(15)8-11/h6-8,10,16H,9H2,1-5H3. The highest BCUT2D eigenvalue weighted by Crippen LogP contribution is 2.29. The number of anilines is 1. The van der Waals surface area contributed by atoms with Crippen LogP contribution in [0.4, 0.5) is 5.69 Å². The van der Waals surface area contributed by atoms with E-state index >= 15 is 0 Å². The van der Waals surface area contributed by atoms with E-state index in [9.17, 15) is 0 Å². The number of methoxy groups -OCH3 is 1. The van der Waals surface area contributed by atoms with Gasteiger partial charge in [0, 0.05) is 12.2 Å². The summed E-state index contributed by atoms with van der Waals surface area (Å²) in [4.78, 5) is 0. The van der Waals surface area contributed by atoms with Crippen molar-refractivity contribution in [3.63, 3.8) is 0 Å². The van der Waals surface area contributed by atoms with Crippen LogP contribution >= 0.6 is 11.6 Å². The molecule has 0 heterocycles. The minimum absolute atomic E-state index is 0.309. The monoisotopic (exact) mass is 255 g/mol. The van der Waals surface area contributed by atoms with Gasteiger partial charge >= 0.3 is 0 Å². The van der Waals surface area contributed by atoms with Crippen LogP contribution in [0.2, 0.25) is 5.02 Å². The maximum Gasteiger partial charge on any atom is 0.137 e. The third-order valence-corrected chi connectivity index (χ3v) is 3.54. The van der Waals surface area contributed by atoms with E-state index in [-0.39, 0.29) is 0 Å². The molecule has 0 aliphatic carbocycles. The first-order chi connectivity index (χ1) is 7.84. The summed E-state index contributed by atoms with van der Waals surface area (Å²) in [5.41, 5.74) is 1.34. The van der Waals surface area contributed by atoms with Crippen LogP contribution in [0.25, 0.3) is 0 Å². The van der Waals surface area contributed by atoms with Gasteiger partial charge in [-0.1, -0.05) is 39.3 Å². The fraction of sp³-hybridized carbons (Fsp3) is 0.571. The van der Waals surface area contributed by atoms with Gasteiger partial charge in [-0.15, -0.1) is 0 Å². The molecular weight excluding hydrogens is 234 g/mol. The normalized spacial score (nSPS) is 13.3. The number of benzene rings is 1. The van der Waals surface area contributed by atoms with Crippen LogP contribution in [-0.2, 0) is 0 Å². The molecule has 0 fully saturated rings. The lowest BCUT2D eigenvalue weighted by atomic mass is 9.82. The van der Waals surface area contributed by atoms with E-state index in [2.05, 4.69) is 33.0 Å². The number of hydrogen-bond acceptors (Lipinski definition) is 2. The summed E-state index contributed by atoms with van der Waals surface area (Å²) in [6.45, 7) is 9.94. The van der Waals surface area contributed by atoms with Crippen LogP contribution in [0.5, 0.6) is 5.75 Å². The molecule has 0 bridgehead atoms. The predicted molar refractivity (Wildman–Crippen MR) is 75.1 cm³/mol. The molecule has 0 amide bonds. The minimum atomic E-state index is 0.309. The minimum Gasteiger partial charge on any atom is -0.495 e. The van der Waals surface area contributed by atoms with Gasteiger partial charge in [0.15, 0.2) is 0 Å². The molecule has 0 aliphatic heterocycles. The lowest BCUT2D eigenvalue weighted by Crippen LogP contribution is -2.24. The first-order valence-corrected chi connectivity index (χ1v) is 6.30. The Kier molecular flexibility index (Phi) is 4.70. The number of nitrogens with one attached hydrogen (secondary N) is 1. The van der Waals surface area contributed by atoms with Gasteiger partial charge in [-0.05, 0) is 29.5 Å². The van der Waals surface area contributed by atoms with E-state index < -0.39 is 0 Å². The highest BCUT2D eigenvalue weighted by atomic mass is 35.5. The zero-order chi connectivity index (χ0) is 13.1. The maximum absolute atomic E-state index is 6.07. The lowest BCUT2D eigenvalue weighted by molar-refractivity contribution is 0.274. The Hall–Kier alpha value is -0.890. The van der Waals surface area contributed by atoms with Crippen LogP contribution in [0.15, 0.2) is 18.2 Å².